The van der Waals surface area contributed by atoms with Crippen LogP contribution in [0.3, 0.4) is 0 Å². The second-order valence-corrected chi connectivity index (χ2v) is 6.89. The van der Waals surface area contributed by atoms with Gasteiger partial charge in [-0.25, -0.2) is 0 Å². The smallest absolute Gasteiger partial charge is 0.0575 e. The Morgan fingerprint density at radius 2 is 1.53 bits per heavy atom. The fourth-order valence-corrected chi connectivity index (χ4v) is 2.66. The van der Waals surface area contributed by atoms with Crippen molar-refractivity contribution in [2.24, 2.45) is 16.7 Å². The molecule has 0 amide bonds. The SMILES string of the molecule is COCC(COC)(COC1CCC1)C(C)(C)C(C)C. The van der Waals surface area contributed by atoms with Gasteiger partial charge in [0.1, 0.15) is 0 Å². The maximum Gasteiger partial charge on any atom is 0.0575 e. The van der Waals surface area contributed by atoms with E-state index in [1.807, 2.05) is 0 Å². The number of rotatable bonds is 9. The molecule has 3 heteroatoms. The third-order valence-electron chi connectivity index (χ3n) is 5.30. The first-order chi connectivity index (χ1) is 8.89. The highest BCUT2D eigenvalue weighted by Crippen LogP contribution is 2.46. The van der Waals surface area contributed by atoms with Gasteiger partial charge in [-0.05, 0) is 30.6 Å². The molecule has 1 saturated carbocycles. The molecule has 1 rings (SSSR count). The minimum Gasteiger partial charge on any atom is -0.384 e. The molecule has 0 aromatic carbocycles. The number of hydrogen-bond donors (Lipinski definition) is 0. The van der Waals surface area contributed by atoms with Crippen molar-refractivity contribution in [3.63, 3.8) is 0 Å². The van der Waals surface area contributed by atoms with Crippen molar-refractivity contribution in [3.8, 4) is 0 Å². The second-order valence-electron chi connectivity index (χ2n) is 6.89. The van der Waals surface area contributed by atoms with E-state index in [2.05, 4.69) is 27.7 Å². The molecule has 0 spiro atoms. The van der Waals surface area contributed by atoms with E-state index < -0.39 is 0 Å². The van der Waals surface area contributed by atoms with Crippen LogP contribution in [0.2, 0.25) is 0 Å². The van der Waals surface area contributed by atoms with E-state index in [1.165, 1.54) is 19.3 Å². The largest absolute Gasteiger partial charge is 0.384 e. The summed E-state index contributed by atoms with van der Waals surface area (Å²) in [5, 5.41) is 0. The molecule has 19 heavy (non-hydrogen) atoms. The van der Waals surface area contributed by atoms with E-state index in [-0.39, 0.29) is 10.8 Å². The molecule has 1 aliphatic carbocycles. The molecule has 1 fully saturated rings. The first kappa shape index (κ1) is 16.9. The van der Waals surface area contributed by atoms with Crippen molar-refractivity contribution in [3.05, 3.63) is 0 Å². The van der Waals surface area contributed by atoms with Crippen LogP contribution >= 0.6 is 0 Å². The molecular weight excluding hydrogens is 240 g/mol. The first-order valence-electron chi connectivity index (χ1n) is 7.49. The lowest BCUT2D eigenvalue weighted by Gasteiger charge is -2.49. The summed E-state index contributed by atoms with van der Waals surface area (Å²) < 4.78 is 17.2. The maximum atomic E-state index is 6.13. The van der Waals surface area contributed by atoms with Crippen molar-refractivity contribution < 1.29 is 14.2 Å². The van der Waals surface area contributed by atoms with Crippen LogP contribution in [0.25, 0.3) is 0 Å². The molecular formula is C16H32O3. The molecule has 1 aliphatic rings. The molecule has 0 bridgehead atoms. The van der Waals surface area contributed by atoms with Crippen LogP contribution in [0.1, 0.15) is 47.0 Å². The molecule has 0 unspecified atom stereocenters. The summed E-state index contributed by atoms with van der Waals surface area (Å²) in [6, 6.07) is 0. The van der Waals surface area contributed by atoms with Gasteiger partial charge in [0.05, 0.1) is 25.9 Å². The average Bonchev–Trinajstić information content (AvgIpc) is 2.26. The lowest BCUT2D eigenvalue weighted by Crippen LogP contribution is -2.52. The van der Waals surface area contributed by atoms with Crippen LogP contribution < -0.4 is 0 Å². The van der Waals surface area contributed by atoms with E-state index in [4.69, 9.17) is 14.2 Å². The predicted molar refractivity (Wildman–Crippen MR) is 78.4 cm³/mol. The monoisotopic (exact) mass is 272 g/mol. The Hall–Kier alpha value is -0.120. The van der Waals surface area contributed by atoms with Crippen LogP contribution in [-0.4, -0.2) is 40.1 Å². The molecule has 0 atom stereocenters. The number of ether oxygens (including phenoxy) is 3. The maximum absolute atomic E-state index is 6.13. The lowest BCUT2D eigenvalue weighted by atomic mass is 9.61. The third kappa shape index (κ3) is 3.71. The number of hydrogen-bond acceptors (Lipinski definition) is 3. The van der Waals surface area contributed by atoms with Crippen molar-refractivity contribution in [2.45, 2.75) is 53.1 Å². The fraction of sp³-hybridized carbons (Fsp3) is 1.00. The van der Waals surface area contributed by atoms with Crippen LogP contribution in [0.4, 0.5) is 0 Å². The average molecular weight is 272 g/mol. The summed E-state index contributed by atoms with van der Waals surface area (Å²) in [7, 11) is 3.54. The van der Waals surface area contributed by atoms with E-state index in [1.54, 1.807) is 14.2 Å². The molecule has 0 radical (unpaired) electrons. The highest BCUT2D eigenvalue weighted by atomic mass is 16.5. The summed E-state index contributed by atoms with van der Waals surface area (Å²) in [6.07, 6.45) is 4.17. The molecule has 0 heterocycles. The molecule has 3 nitrogen and oxygen atoms in total. The highest BCUT2D eigenvalue weighted by Gasteiger charge is 2.48. The van der Waals surface area contributed by atoms with Crippen LogP contribution in [0.5, 0.6) is 0 Å². The third-order valence-corrected chi connectivity index (χ3v) is 5.30. The Kier molecular flexibility index (Phi) is 6.28. The van der Waals surface area contributed by atoms with Crippen molar-refractivity contribution >= 4 is 0 Å². The van der Waals surface area contributed by atoms with Crippen LogP contribution in [-0.2, 0) is 14.2 Å². The highest BCUT2D eigenvalue weighted by molar-refractivity contribution is 4.95. The summed E-state index contributed by atoms with van der Waals surface area (Å²) in [4.78, 5) is 0. The van der Waals surface area contributed by atoms with E-state index in [0.717, 1.165) is 6.61 Å². The van der Waals surface area contributed by atoms with Crippen molar-refractivity contribution in [1.82, 2.24) is 0 Å². The zero-order chi connectivity index (χ0) is 14.5. The quantitative estimate of drug-likeness (QED) is 0.643. The molecule has 0 aliphatic heterocycles. The van der Waals surface area contributed by atoms with Gasteiger partial charge in [-0.2, -0.15) is 0 Å². The van der Waals surface area contributed by atoms with Crippen LogP contribution in [0.15, 0.2) is 0 Å². The molecule has 0 N–H and O–H groups in total. The van der Waals surface area contributed by atoms with E-state index >= 15 is 0 Å². The molecule has 0 aromatic heterocycles. The first-order valence-corrected chi connectivity index (χ1v) is 7.49. The zero-order valence-electron chi connectivity index (χ0n) is 13.6. The summed E-state index contributed by atoms with van der Waals surface area (Å²) in [5.41, 5.74) is 0.0169. The van der Waals surface area contributed by atoms with Gasteiger partial charge in [0.25, 0.3) is 0 Å². The van der Waals surface area contributed by atoms with Gasteiger partial charge >= 0.3 is 0 Å². The van der Waals surface area contributed by atoms with Gasteiger partial charge in [-0.3, -0.25) is 0 Å². The second kappa shape index (κ2) is 7.05. The minimum absolute atomic E-state index is 0.0831. The van der Waals surface area contributed by atoms with Gasteiger partial charge in [0.15, 0.2) is 0 Å². The van der Waals surface area contributed by atoms with Gasteiger partial charge in [0.2, 0.25) is 0 Å². The Balaban J connectivity index is 2.83. The summed E-state index contributed by atoms with van der Waals surface area (Å²) in [6.45, 7) is 11.2. The van der Waals surface area contributed by atoms with Gasteiger partial charge in [0, 0.05) is 19.6 Å². The standard InChI is InChI=1S/C16H32O3/c1-13(2)15(3,4)16(10-17-5,11-18-6)12-19-14-8-7-9-14/h13-14H,7-12H2,1-6H3. The normalized spacial score (nSPS) is 17.8. The Bertz CT molecular complexity index is 251. The zero-order valence-corrected chi connectivity index (χ0v) is 13.6. The van der Waals surface area contributed by atoms with Crippen molar-refractivity contribution in [2.75, 3.05) is 34.0 Å². The summed E-state index contributed by atoms with van der Waals surface area (Å²) >= 11 is 0. The molecule has 0 aromatic rings. The van der Waals surface area contributed by atoms with Gasteiger partial charge in [-0.1, -0.05) is 27.7 Å². The van der Waals surface area contributed by atoms with Gasteiger partial charge in [-0.15, -0.1) is 0 Å². The van der Waals surface area contributed by atoms with E-state index in [0.29, 0.717) is 25.2 Å². The topological polar surface area (TPSA) is 27.7 Å². The Labute approximate surface area is 119 Å². The minimum atomic E-state index is -0.0831. The molecule has 0 saturated heterocycles. The molecule has 114 valence electrons. The number of methoxy groups -OCH3 is 2. The Morgan fingerprint density at radius 3 is 1.84 bits per heavy atom. The Morgan fingerprint density at radius 1 is 1.00 bits per heavy atom. The van der Waals surface area contributed by atoms with Crippen LogP contribution in [0, 0.1) is 16.7 Å². The van der Waals surface area contributed by atoms with Gasteiger partial charge < -0.3 is 14.2 Å². The van der Waals surface area contributed by atoms with Crippen molar-refractivity contribution in [1.29, 1.82) is 0 Å². The predicted octanol–water partition coefficient (Wildman–Crippen LogP) is 3.52. The fourth-order valence-electron chi connectivity index (χ4n) is 2.66. The lowest BCUT2D eigenvalue weighted by molar-refractivity contribution is -0.151. The van der Waals surface area contributed by atoms with E-state index in [9.17, 15) is 0 Å². The summed E-state index contributed by atoms with van der Waals surface area (Å²) in [5.74, 6) is 0.544.